The molecule has 0 spiro atoms. The second-order valence-electron chi connectivity index (χ2n) is 2.47. The zero-order valence-corrected chi connectivity index (χ0v) is 8.14. The molecule has 0 aliphatic rings. The lowest BCUT2D eigenvalue weighted by Crippen LogP contribution is -1.74. The molecule has 0 amide bonds. The molecular formula is C10H11Br. The fourth-order valence-corrected chi connectivity index (χ4v) is 1.14. The molecule has 0 unspecified atom stereocenters. The summed E-state index contributed by atoms with van der Waals surface area (Å²) in [6, 6.07) is 8.44. The van der Waals surface area contributed by atoms with E-state index in [-0.39, 0.29) is 0 Å². The maximum absolute atomic E-state index is 3.34. The normalized spacial score (nSPS) is 10.7. The van der Waals surface area contributed by atoms with E-state index in [9.17, 15) is 0 Å². The minimum Gasteiger partial charge on any atom is -0.0883 e. The Balaban J connectivity index is 2.79. The number of alkyl halides is 1. The molecular weight excluding hydrogens is 200 g/mol. The largest absolute Gasteiger partial charge is 0.0883 e. The van der Waals surface area contributed by atoms with Gasteiger partial charge in [-0.25, -0.2) is 0 Å². The highest BCUT2D eigenvalue weighted by Crippen LogP contribution is 2.05. The Morgan fingerprint density at radius 1 is 1.45 bits per heavy atom. The van der Waals surface area contributed by atoms with Crippen LogP contribution in [0, 0.1) is 6.92 Å². The van der Waals surface area contributed by atoms with E-state index < -0.39 is 0 Å². The standard InChI is InChI=1S/C10H11Br/c1-9-4-2-5-10(8-9)6-3-7-11/h2-6,8H,7H2,1H3/b6-3-. The van der Waals surface area contributed by atoms with Gasteiger partial charge in [-0.15, -0.1) is 0 Å². The quantitative estimate of drug-likeness (QED) is 0.657. The van der Waals surface area contributed by atoms with Crippen LogP contribution in [-0.4, -0.2) is 5.33 Å². The van der Waals surface area contributed by atoms with E-state index in [1.54, 1.807) is 0 Å². The van der Waals surface area contributed by atoms with Crippen molar-refractivity contribution in [2.45, 2.75) is 6.92 Å². The van der Waals surface area contributed by atoms with Gasteiger partial charge in [0.05, 0.1) is 0 Å². The SMILES string of the molecule is Cc1cccc(/C=C\CBr)c1. The van der Waals surface area contributed by atoms with Crippen molar-refractivity contribution in [1.82, 2.24) is 0 Å². The maximum atomic E-state index is 3.34. The van der Waals surface area contributed by atoms with E-state index in [0.29, 0.717) is 0 Å². The molecule has 0 saturated heterocycles. The lowest BCUT2D eigenvalue weighted by molar-refractivity contribution is 1.46. The van der Waals surface area contributed by atoms with Crippen LogP contribution in [0.1, 0.15) is 11.1 Å². The lowest BCUT2D eigenvalue weighted by Gasteiger charge is -1.93. The van der Waals surface area contributed by atoms with Crippen LogP contribution in [0.4, 0.5) is 0 Å². The average Bonchev–Trinajstić information content (AvgIpc) is 2.01. The van der Waals surface area contributed by atoms with Crippen LogP contribution in [0.5, 0.6) is 0 Å². The Labute approximate surface area is 76.1 Å². The van der Waals surface area contributed by atoms with Gasteiger partial charge in [-0.1, -0.05) is 57.9 Å². The van der Waals surface area contributed by atoms with Gasteiger partial charge in [0.25, 0.3) is 0 Å². The molecule has 11 heavy (non-hydrogen) atoms. The fourth-order valence-electron chi connectivity index (χ4n) is 0.954. The number of aryl methyl sites for hydroxylation is 1. The van der Waals surface area contributed by atoms with E-state index in [1.807, 2.05) is 0 Å². The summed E-state index contributed by atoms with van der Waals surface area (Å²) < 4.78 is 0. The Kier molecular flexibility index (Phi) is 3.37. The summed E-state index contributed by atoms with van der Waals surface area (Å²) in [6.45, 7) is 2.10. The van der Waals surface area contributed by atoms with Crippen LogP contribution in [-0.2, 0) is 0 Å². The van der Waals surface area contributed by atoms with Gasteiger partial charge < -0.3 is 0 Å². The van der Waals surface area contributed by atoms with Gasteiger partial charge >= 0.3 is 0 Å². The molecule has 0 atom stereocenters. The van der Waals surface area contributed by atoms with E-state index in [4.69, 9.17) is 0 Å². The van der Waals surface area contributed by atoms with E-state index >= 15 is 0 Å². The number of hydrogen-bond acceptors (Lipinski definition) is 0. The fraction of sp³-hybridized carbons (Fsp3) is 0.200. The number of benzene rings is 1. The Bertz CT molecular complexity index is 251. The molecule has 1 heteroatoms. The Morgan fingerprint density at radius 3 is 2.91 bits per heavy atom. The number of rotatable bonds is 2. The second-order valence-corrected chi connectivity index (χ2v) is 3.12. The summed E-state index contributed by atoms with van der Waals surface area (Å²) in [6.07, 6.45) is 4.20. The van der Waals surface area contributed by atoms with E-state index in [0.717, 1.165) is 5.33 Å². The third-order valence-electron chi connectivity index (χ3n) is 1.44. The van der Waals surface area contributed by atoms with Crippen molar-refractivity contribution in [2.75, 3.05) is 5.33 Å². The molecule has 0 bridgehead atoms. The Hall–Kier alpha value is -0.560. The lowest BCUT2D eigenvalue weighted by atomic mass is 10.1. The molecule has 0 N–H and O–H groups in total. The van der Waals surface area contributed by atoms with Crippen molar-refractivity contribution in [3.8, 4) is 0 Å². The predicted octanol–water partition coefficient (Wildman–Crippen LogP) is 3.40. The highest BCUT2D eigenvalue weighted by atomic mass is 79.9. The van der Waals surface area contributed by atoms with Crippen molar-refractivity contribution in [3.05, 3.63) is 41.5 Å². The molecule has 1 aromatic carbocycles. The number of hydrogen-bond donors (Lipinski definition) is 0. The highest BCUT2D eigenvalue weighted by Gasteiger charge is 1.85. The van der Waals surface area contributed by atoms with Gasteiger partial charge in [0.2, 0.25) is 0 Å². The van der Waals surface area contributed by atoms with Crippen molar-refractivity contribution >= 4 is 22.0 Å². The smallest absolute Gasteiger partial charge is 0.0215 e. The molecule has 0 heterocycles. The molecule has 58 valence electrons. The van der Waals surface area contributed by atoms with Gasteiger partial charge in [-0.05, 0) is 12.5 Å². The van der Waals surface area contributed by atoms with Gasteiger partial charge in [-0.2, -0.15) is 0 Å². The van der Waals surface area contributed by atoms with Crippen molar-refractivity contribution in [1.29, 1.82) is 0 Å². The van der Waals surface area contributed by atoms with Crippen LogP contribution in [0.3, 0.4) is 0 Å². The van der Waals surface area contributed by atoms with Gasteiger partial charge in [-0.3, -0.25) is 0 Å². The van der Waals surface area contributed by atoms with Gasteiger partial charge in [0.15, 0.2) is 0 Å². The summed E-state index contributed by atoms with van der Waals surface area (Å²) in [5, 5.41) is 0.918. The van der Waals surface area contributed by atoms with Crippen LogP contribution in [0.15, 0.2) is 30.3 Å². The topological polar surface area (TPSA) is 0 Å². The van der Waals surface area contributed by atoms with Crippen LogP contribution in [0.2, 0.25) is 0 Å². The molecule has 0 nitrogen and oxygen atoms in total. The first-order valence-corrected chi connectivity index (χ1v) is 4.74. The molecule has 0 aliphatic carbocycles. The molecule has 0 saturated carbocycles. The first-order valence-electron chi connectivity index (χ1n) is 3.62. The van der Waals surface area contributed by atoms with Crippen LogP contribution >= 0.6 is 15.9 Å². The van der Waals surface area contributed by atoms with Crippen molar-refractivity contribution < 1.29 is 0 Å². The molecule has 0 aromatic heterocycles. The average molecular weight is 211 g/mol. The van der Waals surface area contributed by atoms with E-state index in [1.165, 1.54) is 11.1 Å². The zero-order valence-electron chi connectivity index (χ0n) is 6.55. The summed E-state index contributed by atoms with van der Waals surface area (Å²) in [7, 11) is 0. The molecule has 1 aromatic rings. The second kappa shape index (κ2) is 4.35. The monoisotopic (exact) mass is 210 g/mol. The summed E-state index contributed by atoms with van der Waals surface area (Å²) in [5.41, 5.74) is 2.58. The van der Waals surface area contributed by atoms with E-state index in [2.05, 4.69) is 59.3 Å². The van der Waals surface area contributed by atoms with Crippen molar-refractivity contribution in [3.63, 3.8) is 0 Å². The first-order chi connectivity index (χ1) is 5.33. The molecule has 0 fully saturated rings. The van der Waals surface area contributed by atoms with Crippen LogP contribution in [0.25, 0.3) is 6.08 Å². The van der Waals surface area contributed by atoms with Gasteiger partial charge in [0, 0.05) is 5.33 Å². The summed E-state index contributed by atoms with van der Waals surface area (Å²) in [5.74, 6) is 0. The molecule has 0 radical (unpaired) electrons. The maximum Gasteiger partial charge on any atom is 0.0215 e. The summed E-state index contributed by atoms with van der Waals surface area (Å²) in [4.78, 5) is 0. The minimum atomic E-state index is 0.918. The highest BCUT2D eigenvalue weighted by molar-refractivity contribution is 9.09. The third-order valence-corrected chi connectivity index (χ3v) is 1.82. The number of allylic oxidation sites excluding steroid dienone is 1. The van der Waals surface area contributed by atoms with Crippen molar-refractivity contribution in [2.24, 2.45) is 0 Å². The minimum absolute atomic E-state index is 0.918. The molecule has 1 rings (SSSR count). The van der Waals surface area contributed by atoms with Crippen LogP contribution < -0.4 is 0 Å². The number of halogens is 1. The zero-order chi connectivity index (χ0) is 8.10. The first kappa shape index (κ1) is 8.54. The molecule has 0 aliphatic heterocycles. The summed E-state index contributed by atoms with van der Waals surface area (Å²) >= 11 is 3.34. The predicted molar refractivity (Wildman–Crippen MR) is 54.0 cm³/mol. The van der Waals surface area contributed by atoms with Gasteiger partial charge in [0.1, 0.15) is 0 Å². The third kappa shape index (κ3) is 2.89. The Morgan fingerprint density at radius 2 is 2.27 bits per heavy atom.